The van der Waals surface area contributed by atoms with Crippen molar-refractivity contribution < 1.29 is 5.11 Å². The summed E-state index contributed by atoms with van der Waals surface area (Å²) in [5.74, 6) is 1.70. The number of hydrogen-bond acceptors (Lipinski definition) is 3. The lowest BCUT2D eigenvalue weighted by Gasteiger charge is -2.58. The van der Waals surface area contributed by atoms with Gasteiger partial charge in [0.15, 0.2) is 0 Å². The van der Waals surface area contributed by atoms with Crippen molar-refractivity contribution in [1.82, 2.24) is 10.3 Å². The van der Waals surface area contributed by atoms with Crippen LogP contribution in [0.15, 0.2) is 18.3 Å². The molecule has 2 aliphatic carbocycles. The van der Waals surface area contributed by atoms with E-state index < -0.39 is 0 Å². The van der Waals surface area contributed by atoms with Gasteiger partial charge in [-0.15, -0.1) is 0 Å². The van der Waals surface area contributed by atoms with Crippen molar-refractivity contribution in [3.63, 3.8) is 0 Å². The second kappa shape index (κ2) is 4.03. The highest BCUT2D eigenvalue weighted by molar-refractivity contribution is 5.36. The van der Waals surface area contributed by atoms with E-state index in [1.54, 1.807) is 0 Å². The summed E-state index contributed by atoms with van der Waals surface area (Å²) in [6.07, 6.45) is 6.09. The molecule has 1 saturated carbocycles. The van der Waals surface area contributed by atoms with Gasteiger partial charge in [-0.25, -0.2) is 0 Å². The van der Waals surface area contributed by atoms with Crippen molar-refractivity contribution in [2.75, 3.05) is 6.54 Å². The number of hydrogen-bond donors (Lipinski definition) is 2. The van der Waals surface area contributed by atoms with Gasteiger partial charge < -0.3 is 10.4 Å². The van der Waals surface area contributed by atoms with E-state index >= 15 is 0 Å². The summed E-state index contributed by atoms with van der Waals surface area (Å²) in [5, 5.41) is 14.3. The van der Waals surface area contributed by atoms with Gasteiger partial charge in [0.2, 0.25) is 0 Å². The molecule has 0 aromatic carbocycles. The number of piperidine rings is 1. The quantitative estimate of drug-likeness (QED) is 0.746. The van der Waals surface area contributed by atoms with Crippen LogP contribution in [0.5, 0.6) is 0 Å². The van der Waals surface area contributed by atoms with Gasteiger partial charge >= 0.3 is 0 Å². The Hall–Kier alpha value is -0.930. The predicted octanol–water partition coefficient (Wildman–Crippen LogP) is 1.85. The molecule has 1 saturated heterocycles. The normalized spacial score (nSPS) is 44.3. The summed E-state index contributed by atoms with van der Waals surface area (Å²) >= 11 is 0. The van der Waals surface area contributed by atoms with Crippen LogP contribution in [0.2, 0.25) is 0 Å². The number of fused-ring (bicyclic) bond motifs is 1. The highest BCUT2D eigenvalue weighted by atomic mass is 16.3. The van der Waals surface area contributed by atoms with Crippen LogP contribution in [-0.4, -0.2) is 22.7 Å². The van der Waals surface area contributed by atoms with E-state index in [-0.39, 0.29) is 11.6 Å². The topological polar surface area (TPSA) is 45.2 Å². The fraction of sp³-hybridized carbons (Fsp3) is 0.688. The number of nitrogens with one attached hydrogen (secondary N) is 1. The Morgan fingerprint density at radius 3 is 3.26 bits per heavy atom. The Bertz CT molecular complexity index is 503. The minimum atomic E-state index is -0.146. The number of aromatic nitrogens is 1. The molecule has 1 aliphatic heterocycles. The Labute approximate surface area is 114 Å². The van der Waals surface area contributed by atoms with Crippen molar-refractivity contribution in [2.24, 2.45) is 17.8 Å². The molecule has 1 aromatic rings. The number of aliphatic hydroxyl groups is 1. The lowest BCUT2D eigenvalue weighted by atomic mass is 9.53. The van der Waals surface area contributed by atoms with Crippen LogP contribution in [0.25, 0.3) is 0 Å². The third-order valence-corrected chi connectivity index (χ3v) is 5.57. The molecule has 3 nitrogen and oxygen atoms in total. The molecule has 19 heavy (non-hydrogen) atoms. The van der Waals surface area contributed by atoms with Crippen LogP contribution in [0.3, 0.4) is 0 Å². The molecule has 0 amide bonds. The molecule has 2 N–H and O–H groups in total. The van der Waals surface area contributed by atoms with Gasteiger partial charge in [-0.1, -0.05) is 13.0 Å². The van der Waals surface area contributed by atoms with Crippen molar-refractivity contribution in [1.29, 1.82) is 0 Å². The standard InChI is InChI=1S/C16H22N2O/c1-10-7-11-8-13-12(3-2-5-17-13)16(9-10)15(11)14(19)4-6-18-16/h2-3,5,10-11,14-15,18-19H,4,6-9H2,1H3/t10-,11-,14?,15+,16-/m1/s1. The van der Waals surface area contributed by atoms with Crippen LogP contribution in [0.4, 0.5) is 0 Å². The van der Waals surface area contributed by atoms with Crippen LogP contribution >= 0.6 is 0 Å². The molecule has 1 aromatic heterocycles. The molecular formula is C16H22N2O. The van der Waals surface area contributed by atoms with Gasteiger partial charge in [-0.3, -0.25) is 4.98 Å². The van der Waals surface area contributed by atoms with Gasteiger partial charge in [0.05, 0.1) is 11.6 Å². The molecule has 3 aliphatic rings. The first-order chi connectivity index (χ1) is 9.21. The minimum absolute atomic E-state index is 0.0121. The van der Waals surface area contributed by atoms with Gasteiger partial charge in [0.25, 0.3) is 0 Å². The zero-order valence-corrected chi connectivity index (χ0v) is 11.5. The summed E-state index contributed by atoms with van der Waals surface area (Å²) in [6.45, 7) is 3.28. The average Bonchev–Trinajstić information content (AvgIpc) is 2.38. The Balaban J connectivity index is 1.91. The van der Waals surface area contributed by atoms with E-state index in [0.717, 1.165) is 31.7 Å². The zero-order chi connectivity index (χ0) is 13.0. The van der Waals surface area contributed by atoms with Crippen LogP contribution in [0.1, 0.15) is 37.4 Å². The van der Waals surface area contributed by atoms with Crippen LogP contribution in [-0.2, 0) is 12.0 Å². The first-order valence-corrected chi connectivity index (χ1v) is 7.58. The SMILES string of the molecule is C[C@@H]1C[C@@H]2Cc3ncccc3[C@@]3(C1)NCCC(O)[C@H]23. The molecular weight excluding hydrogens is 236 g/mol. The third-order valence-electron chi connectivity index (χ3n) is 5.57. The average molecular weight is 258 g/mol. The molecule has 2 heterocycles. The molecule has 0 spiro atoms. The molecule has 0 radical (unpaired) electrons. The molecule has 5 atom stereocenters. The van der Waals surface area contributed by atoms with E-state index in [1.165, 1.54) is 17.7 Å². The minimum Gasteiger partial charge on any atom is -0.393 e. The van der Waals surface area contributed by atoms with Crippen molar-refractivity contribution >= 4 is 0 Å². The van der Waals surface area contributed by atoms with E-state index in [9.17, 15) is 5.11 Å². The lowest BCUT2D eigenvalue weighted by molar-refractivity contribution is -0.0759. The molecule has 4 rings (SSSR count). The number of aliphatic hydroxyl groups excluding tert-OH is 1. The number of nitrogens with zero attached hydrogens (tertiary/aromatic N) is 1. The van der Waals surface area contributed by atoms with Crippen LogP contribution in [0, 0.1) is 17.8 Å². The van der Waals surface area contributed by atoms with Gasteiger partial charge in [-0.05, 0) is 55.7 Å². The van der Waals surface area contributed by atoms with Crippen molar-refractivity contribution in [2.45, 2.75) is 44.2 Å². The number of rotatable bonds is 0. The van der Waals surface area contributed by atoms with Gasteiger partial charge in [0.1, 0.15) is 0 Å². The van der Waals surface area contributed by atoms with E-state index in [1.807, 2.05) is 12.3 Å². The molecule has 3 heteroatoms. The Morgan fingerprint density at radius 2 is 2.37 bits per heavy atom. The largest absolute Gasteiger partial charge is 0.393 e. The highest BCUT2D eigenvalue weighted by Crippen LogP contribution is 2.55. The smallest absolute Gasteiger partial charge is 0.0604 e. The second-order valence-electron chi connectivity index (χ2n) is 6.79. The first kappa shape index (κ1) is 11.9. The second-order valence-corrected chi connectivity index (χ2v) is 6.79. The maximum Gasteiger partial charge on any atom is 0.0604 e. The fourth-order valence-corrected chi connectivity index (χ4v) is 5.14. The lowest BCUT2D eigenvalue weighted by Crippen LogP contribution is -2.64. The number of pyridine rings is 1. The van der Waals surface area contributed by atoms with Gasteiger partial charge in [-0.2, -0.15) is 0 Å². The fourth-order valence-electron chi connectivity index (χ4n) is 5.14. The Morgan fingerprint density at radius 1 is 1.47 bits per heavy atom. The van der Waals surface area contributed by atoms with Crippen molar-refractivity contribution in [3.8, 4) is 0 Å². The summed E-state index contributed by atoms with van der Waals surface area (Å²) in [7, 11) is 0. The first-order valence-electron chi connectivity index (χ1n) is 7.58. The molecule has 2 fully saturated rings. The van der Waals surface area contributed by atoms with Crippen molar-refractivity contribution in [3.05, 3.63) is 29.6 Å². The summed E-state index contributed by atoms with van der Waals surface area (Å²) in [4.78, 5) is 4.62. The summed E-state index contributed by atoms with van der Waals surface area (Å²) < 4.78 is 0. The molecule has 1 unspecified atom stereocenters. The van der Waals surface area contributed by atoms with Crippen LogP contribution < -0.4 is 5.32 Å². The van der Waals surface area contributed by atoms with Gasteiger partial charge in [0, 0.05) is 17.8 Å². The highest BCUT2D eigenvalue weighted by Gasteiger charge is 2.56. The van der Waals surface area contributed by atoms with E-state index in [4.69, 9.17) is 0 Å². The molecule has 2 bridgehead atoms. The van der Waals surface area contributed by atoms with E-state index in [0.29, 0.717) is 11.8 Å². The summed E-state index contributed by atoms with van der Waals surface area (Å²) in [6, 6.07) is 4.28. The monoisotopic (exact) mass is 258 g/mol. The predicted molar refractivity (Wildman–Crippen MR) is 73.6 cm³/mol. The van der Waals surface area contributed by atoms with E-state index in [2.05, 4.69) is 23.3 Å². The Kier molecular flexibility index (Phi) is 2.52. The zero-order valence-electron chi connectivity index (χ0n) is 11.5. The maximum absolute atomic E-state index is 10.6. The third kappa shape index (κ3) is 1.55. The molecule has 102 valence electrons. The summed E-state index contributed by atoms with van der Waals surface area (Å²) in [5.41, 5.74) is 2.61. The maximum atomic E-state index is 10.6.